The largest absolute Gasteiger partial charge is 0.399 e. The van der Waals surface area contributed by atoms with Crippen molar-refractivity contribution in [2.75, 3.05) is 16.8 Å². The molecule has 104 valence electrons. The zero-order valence-corrected chi connectivity index (χ0v) is 12.4. The molecule has 0 aliphatic carbocycles. The zero-order chi connectivity index (χ0) is 14.4. The molecule has 0 unspecified atom stereocenters. The average Bonchev–Trinajstić information content (AvgIpc) is 2.43. The minimum Gasteiger partial charge on any atom is -0.399 e. The van der Waals surface area contributed by atoms with Crippen LogP contribution in [0.15, 0.2) is 53.4 Å². The maximum atomic E-state index is 11.8. The van der Waals surface area contributed by atoms with Crippen molar-refractivity contribution < 1.29 is 4.79 Å². The van der Waals surface area contributed by atoms with Crippen molar-refractivity contribution in [2.45, 2.75) is 11.3 Å². The van der Waals surface area contributed by atoms with E-state index in [1.807, 2.05) is 30.3 Å². The number of carbonyl (C=O) groups excluding carboxylic acids is 1. The highest BCUT2D eigenvalue weighted by molar-refractivity contribution is 7.99. The minimum atomic E-state index is -0.0555. The molecule has 0 fully saturated rings. The summed E-state index contributed by atoms with van der Waals surface area (Å²) in [5.41, 5.74) is 6.77. The van der Waals surface area contributed by atoms with E-state index in [-0.39, 0.29) is 5.91 Å². The van der Waals surface area contributed by atoms with Gasteiger partial charge >= 0.3 is 0 Å². The second-order valence-corrected chi connectivity index (χ2v) is 5.77. The summed E-state index contributed by atoms with van der Waals surface area (Å²) in [6.07, 6.45) is 0.431. The molecule has 0 aromatic heterocycles. The summed E-state index contributed by atoms with van der Waals surface area (Å²) < 4.78 is 0. The molecule has 0 atom stereocenters. The van der Waals surface area contributed by atoms with E-state index in [1.165, 1.54) is 0 Å². The standard InChI is InChI=1S/C15H15ClN2OS/c16-13-10-11(17)6-7-14(13)18-15(19)8-9-20-12-4-2-1-3-5-12/h1-7,10H,8-9,17H2,(H,18,19). The molecule has 0 spiro atoms. The number of nitrogen functional groups attached to an aromatic ring is 1. The summed E-state index contributed by atoms with van der Waals surface area (Å²) in [7, 11) is 0. The third kappa shape index (κ3) is 4.47. The Morgan fingerprint density at radius 3 is 2.65 bits per heavy atom. The highest BCUT2D eigenvalue weighted by Gasteiger charge is 2.06. The lowest BCUT2D eigenvalue weighted by Crippen LogP contribution is -2.12. The topological polar surface area (TPSA) is 55.1 Å². The van der Waals surface area contributed by atoms with Crippen molar-refractivity contribution in [2.24, 2.45) is 0 Å². The number of nitrogens with one attached hydrogen (secondary N) is 1. The first-order chi connectivity index (χ1) is 9.65. The lowest BCUT2D eigenvalue weighted by atomic mass is 10.3. The zero-order valence-electron chi connectivity index (χ0n) is 10.8. The second kappa shape index (κ2) is 7.22. The molecule has 3 nitrogen and oxygen atoms in total. The number of hydrogen-bond acceptors (Lipinski definition) is 3. The molecule has 1 amide bonds. The Kier molecular flexibility index (Phi) is 5.32. The van der Waals surface area contributed by atoms with Gasteiger partial charge in [0.1, 0.15) is 0 Å². The van der Waals surface area contributed by atoms with Crippen LogP contribution in [0.1, 0.15) is 6.42 Å². The van der Waals surface area contributed by atoms with Crippen molar-refractivity contribution in [3.05, 3.63) is 53.6 Å². The number of hydrogen-bond donors (Lipinski definition) is 2. The Morgan fingerprint density at radius 1 is 1.20 bits per heavy atom. The molecule has 0 aliphatic heterocycles. The number of amides is 1. The van der Waals surface area contributed by atoms with Crippen LogP contribution < -0.4 is 11.1 Å². The van der Waals surface area contributed by atoms with Crippen LogP contribution in [0.5, 0.6) is 0 Å². The fourth-order valence-electron chi connectivity index (χ4n) is 1.62. The van der Waals surface area contributed by atoms with E-state index in [0.717, 1.165) is 10.6 Å². The molecule has 0 saturated heterocycles. The summed E-state index contributed by atoms with van der Waals surface area (Å²) in [5.74, 6) is 0.669. The number of nitrogens with two attached hydrogens (primary N) is 1. The molecule has 2 aromatic carbocycles. The van der Waals surface area contributed by atoms with Crippen molar-refractivity contribution in [3.8, 4) is 0 Å². The van der Waals surface area contributed by atoms with Gasteiger partial charge < -0.3 is 11.1 Å². The van der Waals surface area contributed by atoms with Gasteiger partial charge in [-0.25, -0.2) is 0 Å². The van der Waals surface area contributed by atoms with Gasteiger partial charge in [0.25, 0.3) is 0 Å². The van der Waals surface area contributed by atoms with E-state index < -0.39 is 0 Å². The number of benzene rings is 2. The summed E-state index contributed by atoms with van der Waals surface area (Å²) in [6.45, 7) is 0. The fourth-order valence-corrected chi connectivity index (χ4v) is 2.73. The quantitative estimate of drug-likeness (QED) is 0.647. The van der Waals surface area contributed by atoms with Crippen molar-refractivity contribution >= 4 is 40.6 Å². The Morgan fingerprint density at radius 2 is 1.95 bits per heavy atom. The Bertz CT molecular complexity index is 590. The summed E-state index contributed by atoms with van der Waals surface area (Å²) >= 11 is 7.66. The summed E-state index contributed by atoms with van der Waals surface area (Å²) in [6, 6.07) is 15.0. The predicted molar refractivity (Wildman–Crippen MR) is 86.3 cm³/mol. The van der Waals surface area contributed by atoms with E-state index in [0.29, 0.717) is 22.8 Å². The lowest BCUT2D eigenvalue weighted by molar-refractivity contribution is -0.115. The maximum absolute atomic E-state index is 11.8. The van der Waals surface area contributed by atoms with Gasteiger partial charge in [0.2, 0.25) is 5.91 Å². The average molecular weight is 307 g/mol. The van der Waals surface area contributed by atoms with Crippen LogP contribution in [0.2, 0.25) is 5.02 Å². The van der Waals surface area contributed by atoms with E-state index in [2.05, 4.69) is 5.32 Å². The molecule has 2 aromatic rings. The predicted octanol–water partition coefficient (Wildman–Crippen LogP) is 4.04. The van der Waals surface area contributed by atoms with Gasteiger partial charge in [0.05, 0.1) is 10.7 Å². The molecule has 0 radical (unpaired) electrons. The van der Waals surface area contributed by atoms with Crippen molar-refractivity contribution in [1.29, 1.82) is 0 Å². The number of carbonyl (C=O) groups is 1. The van der Waals surface area contributed by atoms with Crippen LogP contribution >= 0.6 is 23.4 Å². The van der Waals surface area contributed by atoms with Crippen molar-refractivity contribution in [1.82, 2.24) is 0 Å². The summed E-state index contributed by atoms with van der Waals surface area (Å²) in [4.78, 5) is 13.0. The van der Waals surface area contributed by atoms with E-state index in [4.69, 9.17) is 17.3 Å². The molecule has 0 heterocycles. The Hall–Kier alpha value is -1.65. The molecule has 20 heavy (non-hydrogen) atoms. The van der Waals surface area contributed by atoms with E-state index >= 15 is 0 Å². The minimum absolute atomic E-state index is 0.0555. The van der Waals surface area contributed by atoms with Gasteiger partial charge in [0.15, 0.2) is 0 Å². The Labute approximate surface area is 127 Å². The van der Waals surface area contributed by atoms with Gasteiger partial charge in [-0.3, -0.25) is 4.79 Å². The third-order valence-corrected chi connectivity index (χ3v) is 3.93. The highest BCUT2D eigenvalue weighted by Crippen LogP contribution is 2.24. The lowest BCUT2D eigenvalue weighted by Gasteiger charge is -2.07. The van der Waals surface area contributed by atoms with Crippen LogP contribution in [0.3, 0.4) is 0 Å². The van der Waals surface area contributed by atoms with E-state index in [1.54, 1.807) is 30.0 Å². The number of halogens is 1. The second-order valence-electron chi connectivity index (χ2n) is 4.20. The number of anilines is 2. The van der Waals surface area contributed by atoms with Gasteiger partial charge in [-0.15, -0.1) is 11.8 Å². The molecule has 0 aliphatic rings. The molecule has 5 heteroatoms. The smallest absolute Gasteiger partial charge is 0.225 e. The molecule has 2 rings (SSSR count). The third-order valence-electron chi connectivity index (χ3n) is 2.61. The molecular weight excluding hydrogens is 292 g/mol. The Balaban J connectivity index is 1.81. The molecule has 3 N–H and O–H groups in total. The van der Waals surface area contributed by atoms with Gasteiger partial charge in [-0.05, 0) is 30.3 Å². The van der Waals surface area contributed by atoms with Crippen LogP contribution in [0.4, 0.5) is 11.4 Å². The first-order valence-corrected chi connectivity index (χ1v) is 7.54. The highest BCUT2D eigenvalue weighted by atomic mass is 35.5. The van der Waals surface area contributed by atoms with Crippen molar-refractivity contribution in [3.63, 3.8) is 0 Å². The number of thioether (sulfide) groups is 1. The maximum Gasteiger partial charge on any atom is 0.225 e. The monoisotopic (exact) mass is 306 g/mol. The van der Waals surface area contributed by atoms with Crippen LogP contribution in [-0.2, 0) is 4.79 Å². The number of rotatable bonds is 5. The molecule has 0 bridgehead atoms. The molecular formula is C15H15ClN2OS. The normalized spacial score (nSPS) is 10.2. The SMILES string of the molecule is Nc1ccc(NC(=O)CCSc2ccccc2)c(Cl)c1. The van der Waals surface area contributed by atoms with Crippen LogP contribution in [-0.4, -0.2) is 11.7 Å². The van der Waals surface area contributed by atoms with Gasteiger partial charge in [-0.2, -0.15) is 0 Å². The van der Waals surface area contributed by atoms with Crippen LogP contribution in [0, 0.1) is 0 Å². The first-order valence-electron chi connectivity index (χ1n) is 6.18. The fraction of sp³-hybridized carbons (Fsp3) is 0.133. The van der Waals surface area contributed by atoms with Gasteiger partial charge in [0, 0.05) is 22.8 Å². The molecule has 0 saturated carbocycles. The summed E-state index contributed by atoms with van der Waals surface area (Å²) in [5, 5.41) is 3.24. The van der Waals surface area contributed by atoms with Gasteiger partial charge in [-0.1, -0.05) is 29.8 Å². The van der Waals surface area contributed by atoms with Crippen LogP contribution in [0.25, 0.3) is 0 Å². The van der Waals surface area contributed by atoms with E-state index in [9.17, 15) is 4.79 Å². The first kappa shape index (κ1) is 14.8.